The minimum atomic E-state index is -2.49. The van der Waals surface area contributed by atoms with Crippen molar-refractivity contribution < 1.29 is 22.5 Å². The lowest BCUT2D eigenvalue weighted by Crippen LogP contribution is -2.45. The van der Waals surface area contributed by atoms with Crippen LogP contribution in [-0.4, -0.2) is 26.5 Å². The normalized spacial score (nSPS) is 18.5. The van der Waals surface area contributed by atoms with Crippen molar-refractivity contribution in [2.75, 3.05) is 4.90 Å². The number of para-hydroxylation sites is 1. The van der Waals surface area contributed by atoms with Crippen LogP contribution in [0.5, 0.6) is 0 Å². The molecule has 3 rings (SSSR count). The van der Waals surface area contributed by atoms with E-state index in [1.807, 2.05) is 55.5 Å². The monoisotopic (exact) mass is 403 g/mol. The second kappa shape index (κ2) is 8.03. The number of hydrogen-bond acceptors (Lipinski definition) is 4. The quantitative estimate of drug-likeness (QED) is 0.758. The Labute approximate surface area is 168 Å². The molecular weight excluding hydrogens is 378 g/mol. The van der Waals surface area contributed by atoms with Gasteiger partial charge in [0.1, 0.15) is 11.7 Å². The Morgan fingerprint density at radius 1 is 1.18 bits per heavy atom. The van der Waals surface area contributed by atoms with Gasteiger partial charge in [0, 0.05) is 0 Å². The maximum absolute atomic E-state index is 13.0. The Balaban J connectivity index is 2.03. The molecule has 0 aliphatic carbocycles. The standard InChI is InChI=1S/C21H25NO5S/c1-14-9-11-15(12-10-14)19(27-28(24)25)18-13-16-7-5-6-8-17(16)22(18)20(23)26-21(2,3)4/h5-12,18-19H,13H2,1-4H3,(H,24,25). The summed E-state index contributed by atoms with van der Waals surface area (Å²) in [7, 11) is 0. The summed E-state index contributed by atoms with van der Waals surface area (Å²) in [4.78, 5) is 14.6. The highest BCUT2D eigenvalue weighted by molar-refractivity contribution is 7.74. The van der Waals surface area contributed by atoms with Gasteiger partial charge in [0.2, 0.25) is 0 Å². The molecule has 1 N–H and O–H groups in total. The highest BCUT2D eigenvalue weighted by atomic mass is 32.2. The lowest BCUT2D eigenvalue weighted by atomic mass is 9.98. The summed E-state index contributed by atoms with van der Waals surface area (Å²) in [5, 5.41) is 0. The number of rotatable bonds is 4. The van der Waals surface area contributed by atoms with Crippen molar-refractivity contribution in [2.45, 2.75) is 51.9 Å². The number of amides is 1. The molecule has 3 atom stereocenters. The van der Waals surface area contributed by atoms with Gasteiger partial charge in [-0.25, -0.2) is 4.79 Å². The summed E-state index contributed by atoms with van der Waals surface area (Å²) < 4.78 is 32.0. The van der Waals surface area contributed by atoms with E-state index < -0.39 is 35.2 Å². The molecule has 0 fully saturated rings. The van der Waals surface area contributed by atoms with Gasteiger partial charge >= 0.3 is 17.5 Å². The Kier molecular flexibility index (Phi) is 5.88. The molecule has 150 valence electrons. The fourth-order valence-corrected chi connectivity index (χ4v) is 3.80. The summed E-state index contributed by atoms with van der Waals surface area (Å²) in [5.41, 5.74) is 2.80. The van der Waals surface area contributed by atoms with Crippen LogP contribution in [0, 0.1) is 6.92 Å². The van der Waals surface area contributed by atoms with Gasteiger partial charge in [-0.05, 0) is 51.3 Å². The topological polar surface area (TPSA) is 76.1 Å². The first kappa shape index (κ1) is 20.5. The Bertz CT molecular complexity index is 875. The van der Waals surface area contributed by atoms with Crippen molar-refractivity contribution >= 4 is 23.1 Å². The first-order valence-electron chi connectivity index (χ1n) is 9.10. The minimum Gasteiger partial charge on any atom is -0.443 e. The largest absolute Gasteiger partial charge is 0.443 e. The van der Waals surface area contributed by atoms with E-state index in [0.717, 1.165) is 22.4 Å². The molecule has 0 spiro atoms. The maximum atomic E-state index is 13.0. The number of fused-ring (bicyclic) bond motifs is 1. The van der Waals surface area contributed by atoms with Gasteiger partial charge in [0.25, 0.3) is 0 Å². The van der Waals surface area contributed by atoms with Gasteiger partial charge in [-0.3, -0.25) is 13.6 Å². The van der Waals surface area contributed by atoms with E-state index >= 15 is 0 Å². The average Bonchev–Trinajstić information content (AvgIpc) is 2.98. The lowest BCUT2D eigenvalue weighted by Gasteiger charge is -2.32. The third-order valence-corrected chi connectivity index (χ3v) is 4.92. The number of nitrogens with zero attached hydrogens (tertiary/aromatic N) is 1. The molecule has 0 radical (unpaired) electrons. The molecule has 0 aromatic heterocycles. The van der Waals surface area contributed by atoms with Crippen LogP contribution in [0.2, 0.25) is 0 Å². The smallest absolute Gasteiger partial charge is 0.415 e. The number of ether oxygens (including phenoxy) is 1. The molecule has 28 heavy (non-hydrogen) atoms. The van der Waals surface area contributed by atoms with E-state index in [-0.39, 0.29) is 0 Å². The molecular formula is C21H25NO5S. The highest BCUT2D eigenvalue weighted by Gasteiger charge is 2.42. The molecule has 1 heterocycles. The molecule has 1 aliphatic heterocycles. The lowest BCUT2D eigenvalue weighted by molar-refractivity contribution is 0.0534. The molecule has 6 nitrogen and oxygen atoms in total. The summed E-state index contributed by atoms with van der Waals surface area (Å²) in [6.45, 7) is 7.37. The van der Waals surface area contributed by atoms with Crippen LogP contribution in [0.25, 0.3) is 0 Å². The van der Waals surface area contributed by atoms with Crippen molar-refractivity contribution in [1.29, 1.82) is 0 Å². The third kappa shape index (κ3) is 4.60. The average molecular weight is 404 g/mol. The first-order valence-corrected chi connectivity index (χ1v) is 10.1. The zero-order valence-corrected chi connectivity index (χ0v) is 17.2. The van der Waals surface area contributed by atoms with Crippen LogP contribution in [-0.2, 0) is 26.7 Å². The molecule has 2 aromatic rings. The van der Waals surface area contributed by atoms with E-state index in [2.05, 4.69) is 0 Å². The number of carbonyl (C=O) groups is 1. The zero-order valence-electron chi connectivity index (χ0n) is 16.4. The molecule has 3 unspecified atom stereocenters. The van der Waals surface area contributed by atoms with Crippen molar-refractivity contribution in [3.63, 3.8) is 0 Å². The first-order chi connectivity index (χ1) is 13.2. The maximum Gasteiger partial charge on any atom is 0.415 e. The van der Waals surface area contributed by atoms with Gasteiger partial charge in [-0.2, -0.15) is 4.21 Å². The molecule has 0 saturated heterocycles. The van der Waals surface area contributed by atoms with Crippen molar-refractivity contribution in [3.8, 4) is 0 Å². The van der Waals surface area contributed by atoms with Crippen LogP contribution >= 0.6 is 0 Å². The molecule has 0 bridgehead atoms. The zero-order chi connectivity index (χ0) is 20.5. The second-order valence-corrected chi connectivity index (χ2v) is 8.52. The number of hydrogen-bond donors (Lipinski definition) is 1. The van der Waals surface area contributed by atoms with Crippen LogP contribution in [0.3, 0.4) is 0 Å². The molecule has 1 amide bonds. The van der Waals surface area contributed by atoms with E-state index in [1.165, 1.54) is 4.90 Å². The number of aryl methyl sites for hydroxylation is 1. The van der Waals surface area contributed by atoms with E-state index in [0.29, 0.717) is 6.42 Å². The fourth-order valence-electron chi connectivity index (χ4n) is 3.39. The minimum absolute atomic E-state index is 0.491. The number of anilines is 1. The van der Waals surface area contributed by atoms with Gasteiger partial charge in [0.05, 0.1) is 11.7 Å². The third-order valence-electron chi connectivity index (χ3n) is 4.54. The Morgan fingerprint density at radius 3 is 2.43 bits per heavy atom. The van der Waals surface area contributed by atoms with Crippen molar-refractivity contribution in [1.82, 2.24) is 0 Å². The predicted octanol–water partition coefficient (Wildman–Crippen LogP) is 4.56. The SMILES string of the molecule is Cc1ccc(C(OS(=O)O)C2Cc3ccccc3N2C(=O)OC(C)(C)C)cc1. The van der Waals surface area contributed by atoms with E-state index in [4.69, 9.17) is 8.92 Å². The van der Waals surface area contributed by atoms with Crippen LogP contribution in [0.4, 0.5) is 10.5 Å². The summed E-state index contributed by atoms with van der Waals surface area (Å²) in [5.74, 6) is 0. The predicted molar refractivity (Wildman–Crippen MR) is 108 cm³/mol. The molecule has 7 heteroatoms. The van der Waals surface area contributed by atoms with Gasteiger partial charge < -0.3 is 4.74 Å². The van der Waals surface area contributed by atoms with Gasteiger partial charge in [-0.15, -0.1) is 0 Å². The van der Waals surface area contributed by atoms with E-state index in [9.17, 15) is 13.6 Å². The van der Waals surface area contributed by atoms with Crippen LogP contribution in [0.15, 0.2) is 48.5 Å². The number of benzene rings is 2. The number of carbonyl (C=O) groups excluding carboxylic acids is 1. The fraction of sp³-hybridized carbons (Fsp3) is 0.381. The van der Waals surface area contributed by atoms with Crippen molar-refractivity contribution in [3.05, 3.63) is 65.2 Å². The van der Waals surface area contributed by atoms with Crippen molar-refractivity contribution in [2.24, 2.45) is 0 Å². The Morgan fingerprint density at radius 2 is 1.82 bits per heavy atom. The summed E-state index contributed by atoms with van der Waals surface area (Å²) in [6, 6.07) is 14.6. The molecule has 1 aliphatic rings. The Hall–Kier alpha value is -2.22. The molecule has 2 aromatic carbocycles. The second-order valence-electron chi connectivity index (χ2n) is 7.90. The van der Waals surface area contributed by atoms with Gasteiger partial charge in [-0.1, -0.05) is 48.0 Å². The molecule has 0 saturated carbocycles. The highest BCUT2D eigenvalue weighted by Crippen LogP contribution is 2.40. The van der Waals surface area contributed by atoms with E-state index in [1.54, 1.807) is 20.8 Å². The van der Waals surface area contributed by atoms with Gasteiger partial charge in [0.15, 0.2) is 0 Å². The van der Waals surface area contributed by atoms with Crippen LogP contribution in [0.1, 0.15) is 43.6 Å². The summed E-state index contributed by atoms with van der Waals surface area (Å²) >= 11 is -2.49. The summed E-state index contributed by atoms with van der Waals surface area (Å²) in [6.07, 6.45) is -0.802. The van der Waals surface area contributed by atoms with Crippen LogP contribution < -0.4 is 4.90 Å².